The molecule has 0 spiro atoms. The van der Waals surface area contributed by atoms with E-state index in [0.717, 1.165) is 36.0 Å². The Hall–Kier alpha value is -0.830. The van der Waals surface area contributed by atoms with Gasteiger partial charge in [-0.1, -0.05) is 0 Å². The van der Waals surface area contributed by atoms with Crippen LogP contribution in [0.25, 0.3) is 0 Å². The summed E-state index contributed by atoms with van der Waals surface area (Å²) >= 11 is 0. The fourth-order valence-electron chi connectivity index (χ4n) is 5.46. The van der Waals surface area contributed by atoms with Crippen molar-refractivity contribution in [3.8, 4) is 0 Å². The molecule has 0 atom stereocenters. The lowest BCUT2D eigenvalue weighted by Crippen LogP contribution is -2.43. The molecule has 0 radical (unpaired) electrons. The molecule has 0 aliphatic heterocycles. The fraction of sp³-hybridized carbons (Fsp3) is 0.812. The Kier molecular flexibility index (Phi) is 2.73. The number of imidazole rings is 1. The molecule has 2 N–H and O–H groups in total. The van der Waals surface area contributed by atoms with Crippen molar-refractivity contribution in [3.63, 3.8) is 0 Å². The molecule has 3 heteroatoms. The van der Waals surface area contributed by atoms with E-state index in [9.17, 15) is 0 Å². The summed E-state index contributed by atoms with van der Waals surface area (Å²) in [6.07, 6.45) is 10.6. The van der Waals surface area contributed by atoms with Gasteiger partial charge >= 0.3 is 0 Å². The smallest absolute Gasteiger partial charge is 0.109 e. The van der Waals surface area contributed by atoms with Crippen LogP contribution >= 0.6 is 0 Å². The van der Waals surface area contributed by atoms with E-state index in [1.54, 1.807) is 0 Å². The highest BCUT2D eigenvalue weighted by Crippen LogP contribution is 2.59. The summed E-state index contributed by atoms with van der Waals surface area (Å²) in [5, 5.41) is 0. The molecule has 104 valence electrons. The summed E-state index contributed by atoms with van der Waals surface area (Å²) in [5.74, 6) is 5.88. The van der Waals surface area contributed by atoms with Crippen LogP contribution in [0, 0.1) is 23.7 Å². The molecule has 4 bridgehead atoms. The second-order valence-corrected chi connectivity index (χ2v) is 7.19. The van der Waals surface area contributed by atoms with E-state index in [2.05, 4.69) is 17.8 Å². The number of nitrogens with two attached hydrogens (primary N) is 1. The van der Waals surface area contributed by atoms with Crippen molar-refractivity contribution < 1.29 is 0 Å². The number of rotatable bonds is 3. The summed E-state index contributed by atoms with van der Waals surface area (Å²) in [4.78, 5) is 4.93. The van der Waals surface area contributed by atoms with Gasteiger partial charge in [-0.3, -0.25) is 0 Å². The van der Waals surface area contributed by atoms with Gasteiger partial charge in [-0.2, -0.15) is 0 Å². The maximum absolute atomic E-state index is 5.68. The highest BCUT2D eigenvalue weighted by atomic mass is 15.1. The molecule has 4 fully saturated rings. The molecule has 19 heavy (non-hydrogen) atoms. The Balaban J connectivity index is 1.63. The first-order valence-corrected chi connectivity index (χ1v) is 7.96. The molecule has 4 aliphatic rings. The minimum absolute atomic E-state index is 0.700. The van der Waals surface area contributed by atoms with Gasteiger partial charge < -0.3 is 10.3 Å². The first kappa shape index (κ1) is 12.0. The Bertz CT molecular complexity index is 448. The third-order valence-electron chi connectivity index (χ3n) is 5.93. The first-order chi connectivity index (χ1) is 9.24. The zero-order chi connectivity index (χ0) is 13.0. The van der Waals surface area contributed by atoms with Crippen molar-refractivity contribution in [2.75, 3.05) is 6.54 Å². The third-order valence-corrected chi connectivity index (χ3v) is 5.93. The van der Waals surface area contributed by atoms with Gasteiger partial charge in [0.05, 0.1) is 5.69 Å². The summed E-state index contributed by atoms with van der Waals surface area (Å²) in [6.45, 7) is 0.700. The Morgan fingerprint density at radius 2 is 1.79 bits per heavy atom. The molecule has 0 aromatic carbocycles. The van der Waals surface area contributed by atoms with Crippen molar-refractivity contribution in [2.24, 2.45) is 36.5 Å². The molecule has 0 saturated heterocycles. The van der Waals surface area contributed by atoms with Gasteiger partial charge in [0.15, 0.2) is 0 Å². The van der Waals surface area contributed by atoms with Crippen LogP contribution in [0.1, 0.15) is 49.5 Å². The van der Waals surface area contributed by atoms with E-state index in [-0.39, 0.29) is 0 Å². The van der Waals surface area contributed by atoms with Crippen LogP contribution in [0.4, 0.5) is 0 Å². The van der Waals surface area contributed by atoms with E-state index in [1.807, 2.05) is 0 Å². The second kappa shape index (κ2) is 4.34. The van der Waals surface area contributed by atoms with Crippen LogP contribution in [0.5, 0.6) is 0 Å². The van der Waals surface area contributed by atoms with Gasteiger partial charge in [0.2, 0.25) is 0 Å². The Morgan fingerprint density at radius 1 is 1.16 bits per heavy atom. The maximum Gasteiger partial charge on any atom is 0.109 e. The van der Waals surface area contributed by atoms with Crippen LogP contribution in [0.15, 0.2) is 6.20 Å². The van der Waals surface area contributed by atoms with Crippen molar-refractivity contribution in [1.82, 2.24) is 9.55 Å². The lowest BCUT2D eigenvalue weighted by molar-refractivity contribution is -0.00407. The summed E-state index contributed by atoms with van der Waals surface area (Å²) in [5.41, 5.74) is 7.05. The molecule has 4 aliphatic carbocycles. The summed E-state index contributed by atoms with van der Waals surface area (Å²) in [7, 11) is 2.12. The van der Waals surface area contributed by atoms with Gasteiger partial charge in [0.25, 0.3) is 0 Å². The molecule has 5 rings (SSSR count). The quantitative estimate of drug-likeness (QED) is 0.906. The topological polar surface area (TPSA) is 43.8 Å². The average molecular weight is 259 g/mol. The van der Waals surface area contributed by atoms with E-state index in [1.165, 1.54) is 43.6 Å². The van der Waals surface area contributed by atoms with Crippen LogP contribution < -0.4 is 5.73 Å². The Labute approximate surface area is 115 Å². The van der Waals surface area contributed by atoms with E-state index in [4.69, 9.17) is 10.7 Å². The number of hydrogen-bond acceptors (Lipinski definition) is 2. The van der Waals surface area contributed by atoms with Crippen LogP contribution in [0.2, 0.25) is 0 Å². The van der Waals surface area contributed by atoms with Crippen molar-refractivity contribution in [2.45, 2.75) is 44.4 Å². The summed E-state index contributed by atoms with van der Waals surface area (Å²) < 4.78 is 2.20. The van der Waals surface area contributed by atoms with Crippen LogP contribution in [-0.2, 0) is 13.5 Å². The van der Waals surface area contributed by atoms with Crippen molar-refractivity contribution >= 4 is 0 Å². The zero-order valence-electron chi connectivity index (χ0n) is 11.9. The number of nitrogens with zero attached hydrogens (tertiary/aromatic N) is 2. The number of aromatic nitrogens is 2. The minimum Gasteiger partial charge on any atom is -0.338 e. The van der Waals surface area contributed by atoms with Gasteiger partial charge in [-0.05, 0) is 62.3 Å². The minimum atomic E-state index is 0.700. The lowest BCUT2D eigenvalue weighted by Gasteiger charge is -2.54. The molecule has 1 aromatic rings. The maximum atomic E-state index is 5.68. The second-order valence-electron chi connectivity index (χ2n) is 7.19. The molecule has 3 nitrogen and oxygen atoms in total. The molecule has 4 saturated carbocycles. The van der Waals surface area contributed by atoms with Crippen LogP contribution in [0.3, 0.4) is 0 Å². The predicted octanol–water partition coefficient (Wildman–Crippen LogP) is 2.46. The van der Waals surface area contributed by atoms with Gasteiger partial charge in [-0.15, -0.1) is 0 Å². The molecular formula is C16H25N3. The lowest BCUT2D eigenvalue weighted by atomic mass is 9.51. The Morgan fingerprint density at radius 3 is 2.37 bits per heavy atom. The third kappa shape index (κ3) is 1.85. The summed E-state index contributed by atoms with van der Waals surface area (Å²) in [6, 6.07) is 0. The molecule has 1 aromatic heterocycles. The number of aryl methyl sites for hydroxylation is 1. The van der Waals surface area contributed by atoms with Crippen LogP contribution in [-0.4, -0.2) is 16.1 Å². The monoisotopic (exact) mass is 259 g/mol. The SMILES string of the molecule is Cn1cc(C2C3CC4CC(C3)CC2C4)nc1CCN. The average Bonchev–Trinajstić information content (AvgIpc) is 2.70. The van der Waals surface area contributed by atoms with Gasteiger partial charge in [0.1, 0.15) is 5.82 Å². The van der Waals surface area contributed by atoms with E-state index < -0.39 is 0 Å². The fourth-order valence-corrected chi connectivity index (χ4v) is 5.46. The van der Waals surface area contributed by atoms with E-state index >= 15 is 0 Å². The largest absolute Gasteiger partial charge is 0.338 e. The highest BCUT2D eigenvalue weighted by Gasteiger charge is 2.49. The zero-order valence-corrected chi connectivity index (χ0v) is 11.9. The van der Waals surface area contributed by atoms with Crippen molar-refractivity contribution in [1.29, 1.82) is 0 Å². The molecule has 1 heterocycles. The molecular weight excluding hydrogens is 234 g/mol. The predicted molar refractivity (Wildman–Crippen MR) is 75.8 cm³/mol. The molecule has 0 unspecified atom stereocenters. The van der Waals surface area contributed by atoms with E-state index in [0.29, 0.717) is 6.54 Å². The highest BCUT2D eigenvalue weighted by molar-refractivity contribution is 5.17. The number of hydrogen-bond donors (Lipinski definition) is 1. The van der Waals surface area contributed by atoms with Gasteiger partial charge in [-0.25, -0.2) is 4.98 Å². The first-order valence-electron chi connectivity index (χ1n) is 7.96. The van der Waals surface area contributed by atoms with Gasteiger partial charge in [0, 0.05) is 25.6 Å². The standard InChI is InChI=1S/C16H25N3/c1-19-9-14(18-15(19)2-3-17)16-12-5-10-4-11(7-12)8-13(16)6-10/h9-13,16H,2-8,17H2,1H3. The van der Waals surface area contributed by atoms with Crippen molar-refractivity contribution in [3.05, 3.63) is 17.7 Å². The normalized spacial score (nSPS) is 40.0. The molecule has 0 amide bonds.